The summed E-state index contributed by atoms with van der Waals surface area (Å²) in [5.74, 6) is 1.60. The second-order valence-corrected chi connectivity index (χ2v) is 8.21. The van der Waals surface area contributed by atoms with Gasteiger partial charge in [-0.3, -0.25) is 19.8 Å². The molecule has 3 heterocycles. The molecule has 1 saturated heterocycles. The van der Waals surface area contributed by atoms with Crippen LogP contribution in [0.15, 0.2) is 63.9 Å². The van der Waals surface area contributed by atoms with Crippen LogP contribution in [0.5, 0.6) is 11.5 Å². The lowest BCUT2D eigenvalue weighted by molar-refractivity contribution is -0.384. The van der Waals surface area contributed by atoms with Crippen molar-refractivity contribution in [1.82, 2.24) is 0 Å². The van der Waals surface area contributed by atoms with Gasteiger partial charge in [-0.05, 0) is 30.3 Å². The van der Waals surface area contributed by atoms with E-state index in [0.717, 1.165) is 11.8 Å². The van der Waals surface area contributed by atoms with Crippen LogP contribution in [0.3, 0.4) is 0 Å². The summed E-state index contributed by atoms with van der Waals surface area (Å²) in [7, 11) is 0. The molecule has 31 heavy (non-hydrogen) atoms. The van der Waals surface area contributed by atoms with Crippen molar-refractivity contribution in [2.75, 3.05) is 11.7 Å². The number of hydrogen-bond donors (Lipinski definition) is 0. The molecule has 2 aliphatic rings. The molecule has 2 aromatic carbocycles. The monoisotopic (exact) mass is 452 g/mol. The number of thiocarbonyl (C=S) groups is 1. The Morgan fingerprint density at radius 1 is 1.10 bits per heavy atom. The molecule has 0 radical (unpaired) electrons. The molecule has 0 unspecified atom stereocenters. The number of rotatable bonds is 4. The molecule has 5 rings (SSSR count). The molecule has 0 aliphatic carbocycles. The summed E-state index contributed by atoms with van der Waals surface area (Å²) in [5.41, 5.74) is 0.882. The molecule has 154 valence electrons. The minimum atomic E-state index is -0.464. The third-order valence-corrected chi connectivity index (χ3v) is 5.98. The van der Waals surface area contributed by atoms with Crippen LogP contribution in [0.25, 0.3) is 17.4 Å². The maximum Gasteiger partial charge on any atom is 0.280 e. The molecule has 1 aromatic heterocycles. The van der Waals surface area contributed by atoms with Crippen LogP contribution in [-0.2, 0) is 4.79 Å². The number of carbonyl (C=O) groups is 1. The fourth-order valence-electron chi connectivity index (χ4n) is 3.26. The van der Waals surface area contributed by atoms with Crippen LogP contribution < -0.4 is 14.4 Å². The van der Waals surface area contributed by atoms with Crippen molar-refractivity contribution in [2.24, 2.45) is 0 Å². The van der Waals surface area contributed by atoms with Crippen LogP contribution in [-0.4, -0.2) is 21.9 Å². The summed E-state index contributed by atoms with van der Waals surface area (Å²) in [6, 6.07) is 14.8. The van der Waals surface area contributed by atoms with E-state index < -0.39 is 4.92 Å². The fourth-order valence-corrected chi connectivity index (χ4v) is 4.54. The van der Waals surface area contributed by atoms with E-state index in [1.807, 2.05) is 0 Å². The SMILES string of the molecule is O=C1C(=Cc2ccc(-c3ccccc3[N+](=O)[O-])o2)SC(=S)N1c1ccc2c(c1)OCO2. The maximum absolute atomic E-state index is 13.0. The van der Waals surface area contributed by atoms with Crippen molar-refractivity contribution >= 4 is 51.7 Å². The van der Waals surface area contributed by atoms with Gasteiger partial charge in [0.1, 0.15) is 11.5 Å². The zero-order chi connectivity index (χ0) is 21.5. The Kier molecular flexibility index (Phi) is 4.72. The maximum atomic E-state index is 13.0. The standard InChI is InChI=1S/C21H12N2O6S2/c24-20-19(31-21(30)22(20)12-5-7-17-18(9-12)28-11-27-17)10-13-6-8-16(29-13)14-3-1-2-4-15(14)23(25)26/h1-10H,11H2. The highest BCUT2D eigenvalue weighted by Gasteiger charge is 2.34. The molecule has 0 bridgehead atoms. The highest BCUT2D eigenvalue weighted by atomic mass is 32.2. The van der Waals surface area contributed by atoms with Gasteiger partial charge in [-0.1, -0.05) is 36.1 Å². The molecule has 0 saturated carbocycles. The van der Waals surface area contributed by atoms with E-state index in [-0.39, 0.29) is 18.4 Å². The average molecular weight is 452 g/mol. The smallest absolute Gasteiger partial charge is 0.280 e. The van der Waals surface area contributed by atoms with Gasteiger partial charge in [-0.25, -0.2) is 0 Å². The van der Waals surface area contributed by atoms with Gasteiger partial charge >= 0.3 is 0 Å². The number of nitrogens with zero attached hydrogens (tertiary/aromatic N) is 2. The van der Waals surface area contributed by atoms with Gasteiger partial charge in [0.2, 0.25) is 6.79 Å². The van der Waals surface area contributed by atoms with E-state index in [4.69, 9.17) is 26.1 Å². The number of thioether (sulfide) groups is 1. The first-order valence-electron chi connectivity index (χ1n) is 9.02. The van der Waals surface area contributed by atoms with Gasteiger partial charge < -0.3 is 13.9 Å². The zero-order valence-electron chi connectivity index (χ0n) is 15.6. The number of nitro groups is 1. The number of para-hydroxylation sites is 1. The minimum absolute atomic E-state index is 0.0578. The highest BCUT2D eigenvalue weighted by molar-refractivity contribution is 8.27. The first-order chi connectivity index (χ1) is 15.0. The number of fused-ring (bicyclic) bond motifs is 1. The number of carbonyl (C=O) groups excluding carboxylic acids is 1. The molecule has 2 aliphatic heterocycles. The van der Waals surface area contributed by atoms with Crippen molar-refractivity contribution < 1.29 is 23.6 Å². The lowest BCUT2D eigenvalue weighted by Gasteiger charge is -2.14. The predicted molar refractivity (Wildman–Crippen MR) is 119 cm³/mol. The van der Waals surface area contributed by atoms with Crippen molar-refractivity contribution in [2.45, 2.75) is 0 Å². The highest BCUT2D eigenvalue weighted by Crippen LogP contribution is 2.41. The van der Waals surface area contributed by atoms with E-state index in [0.29, 0.717) is 43.5 Å². The molecule has 1 amide bonds. The zero-order valence-corrected chi connectivity index (χ0v) is 17.3. The summed E-state index contributed by atoms with van der Waals surface area (Å²) in [6.45, 7) is 0.136. The Labute approximate surface area is 185 Å². The number of benzene rings is 2. The normalized spacial score (nSPS) is 16.4. The number of furan rings is 1. The van der Waals surface area contributed by atoms with Crippen molar-refractivity contribution in [3.8, 4) is 22.8 Å². The number of nitro benzene ring substituents is 1. The van der Waals surface area contributed by atoms with Gasteiger partial charge in [-0.2, -0.15) is 0 Å². The Hall–Kier alpha value is -3.63. The lowest BCUT2D eigenvalue weighted by Crippen LogP contribution is -2.27. The molecule has 0 N–H and O–H groups in total. The summed E-state index contributed by atoms with van der Waals surface area (Å²) in [6.07, 6.45) is 1.57. The Morgan fingerprint density at radius 3 is 2.74 bits per heavy atom. The Bertz CT molecular complexity index is 1280. The van der Waals surface area contributed by atoms with Crippen LogP contribution in [0.4, 0.5) is 11.4 Å². The first-order valence-corrected chi connectivity index (χ1v) is 10.2. The summed E-state index contributed by atoms with van der Waals surface area (Å²) >= 11 is 6.54. The second-order valence-electron chi connectivity index (χ2n) is 6.53. The Morgan fingerprint density at radius 2 is 1.90 bits per heavy atom. The second kappa shape index (κ2) is 7.56. The van der Waals surface area contributed by atoms with Gasteiger partial charge in [0.05, 0.1) is 21.1 Å². The summed E-state index contributed by atoms with van der Waals surface area (Å²) in [4.78, 5) is 25.6. The van der Waals surface area contributed by atoms with Gasteiger partial charge in [0.25, 0.3) is 11.6 Å². The van der Waals surface area contributed by atoms with Crippen LogP contribution >= 0.6 is 24.0 Å². The van der Waals surface area contributed by atoms with E-state index in [2.05, 4.69) is 0 Å². The van der Waals surface area contributed by atoms with Gasteiger partial charge in [0, 0.05) is 18.2 Å². The number of hydrogen-bond acceptors (Lipinski definition) is 8. The number of anilines is 1. The van der Waals surface area contributed by atoms with E-state index in [9.17, 15) is 14.9 Å². The largest absolute Gasteiger partial charge is 0.456 e. The molecule has 8 nitrogen and oxygen atoms in total. The molecule has 10 heteroatoms. The molecular weight excluding hydrogens is 440 g/mol. The van der Waals surface area contributed by atoms with Crippen molar-refractivity contribution in [3.05, 3.63) is 75.4 Å². The van der Waals surface area contributed by atoms with Crippen molar-refractivity contribution in [1.29, 1.82) is 0 Å². The van der Waals surface area contributed by atoms with Crippen LogP contribution in [0.1, 0.15) is 5.76 Å². The minimum Gasteiger partial charge on any atom is -0.456 e. The topological polar surface area (TPSA) is 95.0 Å². The first kappa shape index (κ1) is 19.3. The van der Waals surface area contributed by atoms with Crippen LogP contribution in [0.2, 0.25) is 0 Å². The van der Waals surface area contributed by atoms with Gasteiger partial charge in [-0.15, -0.1) is 0 Å². The quantitative estimate of drug-likeness (QED) is 0.236. The van der Waals surface area contributed by atoms with E-state index >= 15 is 0 Å². The molecule has 0 spiro atoms. The third kappa shape index (κ3) is 3.45. The molecule has 3 aromatic rings. The van der Waals surface area contributed by atoms with E-state index in [1.54, 1.807) is 54.6 Å². The summed E-state index contributed by atoms with van der Waals surface area (Å²) in [5, 5.41) is 11.3. The molecule has 0 atom stereocenters. The number of amides is 1. The van der Waals surface area contributed by atoms with Crippen molar-refractivity contribution in [3.63, 3.8) is 0 Å². The predicted octanol–water partition coefficient (Wildman–Crippen LogP) is 4.99. The lowest BCUT2D eigenvalue weighted by atomic mass is 10.1. The number of ether oxygens (including phenoxy) is 2. The van der Waals surface area contributed by atoms with Crippen LogP contribution in [0, 0.1) is 10.1 Å². The Balaban J connectivity index is 1.43. The van der Waals surface area contributed by atoms with E-state index in [1.165, 1.54) is 11.0 Å². The summed E-state index contributed by atoms with van der Waals surface area (Å²) < 4.78 is 16.8. The molecule has 1 fully saturated rings. The fraction of sp³-hybridized carbons (Fsp3) is 0.0476. The molecular formula is C21H12N2O6S2. The van der Waals surface area contributed by atoms with Gasteiger partial charge in [0.15, 0.2) is 15.8 Å². The average Bonchev–Trinajstić information content (AvgIpc) is 3.47. The third-order valence-electron chi connectivity index (χ3n) is 4.67.